The van der Waals surface area contributed by atoms with Gasteiger partial charge in [0.1, 0.15) is 11.9 Å². The largest absolute Gasteiger partial charge is 0.480 e. The normalized spacial score (nSPS) is 11.9. The zero-order chi connectivity index (χ0) is 15.0. The lowest BCUT2D eigenvalue weighted by Gasteiger charge is -2.13. The molecule has 0 spiro atoms. The lowest BCUT2D eigenvalue weighted by molar-refractivity contribution is -0.142. The van der Waals surface area contributed by atoms with Crippen molar-refractivity contribution in [3.8, 4) is 0 Å². The van der Waals surface area contributed by atoms with Crippen molar-refractivity contribution in [2.75, 3.05) is 19.5 Å². The van der Waals surface area contributed by atoms with Crippen molar-refractivity contribution in [1.29, 1.82) is 0 Å². The van der Waals surface area contributed by atoms with Gasteiger partial charge in [-0.2, -0.15) is 0 Å². The Hall–Kier alpha value is -1.60. The number of benzene rings is 1. The third-order valence-corrected chi connectivity index (χ3v) is 3.44. The van der Waals surface area contributed by atoms with E-state index in [1.165, 1.54) is 31.0 Å². The Bertz CT molecular complexity index is 452. The molecular formula is C13H16FNO4S. The number of hydrogen-bond acceptors (Lipinski definition) is 4. The lowest BCUT2D eigenvalue weighted by Crippen LogP contribution is -2.42. The quantitative estimate of drug-likeness (QED) is 0.712. The molecule has 0 heterocycles. The lowest BCUT2D eigenvalue weighted by atomic mass is 10.2. The minimum absolute atomic E-state index is 0.0718. The van der Waals surface area contributed by atoms with Crippen LogP contribution in [0.4, 0.5) is 4.39 Å². The number of aliphatic carboxylic acids is 1. The second-order valence-electron chi connectivity index (χ2n) is 3.98. The third-order valence-electron chi connectivity index (χ3n) is 2.43. The van der Waals surface area contributed by atoms with E-state index in [4.69, 9.17) is 9.84 Å². The fraction of sp³-hybridized carbons (Fsp3) is 0.385. The van der Waals surface area contributed by atoms with Gasteiger partial charge in [0.25, 0.3) is 0 Å². The highest BCUT2D eigenvalue weighted by Gasteiger charge is 2.19. The number of carboxylic acid groups (broad SMARTS) is 1. The Morgan fingerprint density at radius 2 is 2.05 bits per heavy atom. The van der Waals surface area contributed by atoms with Crippen LogP contribution in [0, 0.1) is 5.82 Å². The molecule has 0 saturated heterocycles. The minimum atomic E-state index is -1.10. The number of methoxy groups -OCH3 is 1. The van der Waals surface area contributed by atoms with E-state index in [1.807, 2.05) is 0 Å². The van der Waals surface area contributed by atoms with E-state index in [-0.39, 0.29) is 30.5 Å². The van der Waals surface area contributed by atoms with Gasteiger partial charge in [-0.1, -0.05) is 0 Å². The van der Waals surface area contributed by atoms with Gasteiger partial charge in [-0.25, -0.2) is 9.18 Å². The molecule has 20 heavy (non-hydrogen) atoms. The number of thioether (sulfide) groups is 1. The van der Waals surface area contributed by atoms with Gasteiger partial charge >= 0.3 is 5.97 Å². The van der Waals surface area contributed by atoms with Crippen LogP contribution in [-0.4, -0.2) is 42.5 Å². The Labute approximate surface area is 120 Å². The van der Waals surface area contributed by atoms with Crippen LogP contribution in [0.5, 0.6) is 0 Å². The van der Waals surface area contributed by atoms with Gasteiger partial charge in [-0.05, 0) is 24.3 Å². The first-order valence-electron chi connectivity index (χ1n) is 5.92. The molecule has 1 rings (SSSR count). The molecule has 1 aromatic carbocycles. The maximum absolute atomic E-state index is 12.7. The molecule has 0 saturated carbocycles. The van der Waals surface area contributed by atoms with Crippen LogP contribution >= 0.6 is 11.8 Å². The zero-order valence-corrected chi connectivity index (χ0v) is 11.8. The van der Waals surface area contributed by atoms with E-state index >= 15 is 0 Å². The molecule has 110 valence electrons. The van der Waals surface area contributed by atoms with Crippen LogP contribution in [0.25, 0.3) is 0 Å². The molecule has 5 nitrogen and oxygen atoms in total. The molecule has 1 aromatic rings. The van der Waals surface area contributed by atoms with E-state index in [2.05, 4.69) is 5.32 Å². The topological polar surface area (TPSA) is 75.6 Å². The number of carbonyl (C=O) groups excluding carboxylic acids is 1. The summed E-state index contributed by atoms with van der Waals surface area (Å²) in [4.78, 5) is 23.3. The fourth-order valence-corrected chi connectivity index (χ4v) is 2.12. The highest BCUT2D eigenvalue weighted by atomic mass is 32.2. The van der Waals surface area contributed by atoms with Crippen LogP contribution in [0.3, 0.4) is 0 Å². The van der Waals surface area contributed by atoms with Gasteiger partial charge in [0.2, 0.25) is 5.91 Å². The van der Waals surface area contributed by atoms with Crippen LogP contribution < -0.4 is 5.32 Å². The van der Waals surface area contributed by atoms with Crippen LogP contribution in [0.1, 0.15) is 6.42 Å². The first-order valence-corrected chi connectivity index (χ1v) is 6.91. The average Bonchev–Trinajstić information content (AvgIpc) is 2.42. The van der Waals surface area contributed by atoms with Crippen molar-refractivity contribution in [3.05, 3.63) is 30.1 Å². The Morgan fingerprint density at radius 3 is 2.60 bits per heavy atom. The number of rotatable bonds is 8. The molecule has 2 N–H and O–H groups in total. The number of nitrogens with one attached hydrogen (secondary N) is 1. The molecule has 0 fully saturated rings. The molecule has 0 aliphatic rings. The van der Waals surface area contributed by atoms with Gasteiger partial charge in [-0.15, -0.1) is 11.8 Å². The smallest absolute Gasteiger partial charge is 0.326 e. The Balaban J connectivity index is 2.41. The number of carboxylic acids is 1. The zero-order valence-electron chi connectivity index (χ0n) is 11.0. The van der Waals surface area contributed by atoms with Crippen molar-refractivity contribution in [1.82, 2.24) is 5.32 Å². The summed E-state index contributed by atoms with van der Waals surface area (Å²) in [7, 11) is 1.46. The molecule has 0 radical (unpaired) electrons. The molecule has 0 aliphatic heterocycles. The van der Waals surface area contributed by atoms with E-state index in [1.54, 1.807) is 12.1 Å². The SMILES string of the molecule is COCCC(NC(=O)CSc1ccc(F)cc1)C(=O)O. The number of hydrogen-bond donors (Lipinski definition) is 2. The fourth-order valence-electron chi connectivity index (χ4n) is 1.41. The predicted molar refractivity (Wildman–Crippen MR) is 73.2 cm³/mol. The first-order chi connectivity index (χ1) is 9.52. The van der Waals surface area contributed by atoms with Crippen molar-refractivity contribution < 1.29 is 23.8 Å². The Morgan fingerprint density at radius 1 is 1.40 bits per heavy atom. The summed E-state index contributed by atoms with van der Waals surface area (Å²) in [6, 6.07) is 4.77. The van der Waals surface area contributed by atoms with Gasteiger partial charge in [-0.3, -0.25) is 4.79 Å². The summed E-state index contributed by atoms with van der Waals surface area (Å²) in [5.74, 6) is -1.75. The summed E-state index contributed by atoms with van der Waals surface area (Å²) < 4.78 is 17.5. The summed E-state index contributed by atoms with van der Waals surface area (Å²) in [6.45, 7) is 0.252. The maximum atomic E-state index is 12.7. The van der Waals surface area contributed by atoms with Gasteiger partial charge in [0, 0.05) is 25.0 Å². The van der Waals surface area contributed by atoms with Crippen molar-refractivity contribution in [2.24, 2.45) is 0 Å². The molecule has 7 heteroatoms. The summed E-state index contributed by atoms with van der Waals surface area (Å²) in [6.07, 6.45) is 0.207. The predicted octanol–water partition coefficient (Wildman–Crippen LogP) is 1.52. The summed E-state index contributed by atoms with van der Waals surface area (Å²) in [5.41, 5.74) is 0. The number of carbonyl (C=O) groups is 2. The second-order valence-corrected chi connectivity index (χ2v) is 5.03. The van der Waals surface area contributed by atoms with Crippen molar-refractivity contribution in [2.45, 2.75) is 17.4 Å². The molecular weight excluding hydrogens is 285 g/mol. The van der Waals surface area contributed by atoms with E-state index in [0.717, 1.165) is 4.90 Å². The summed E-state index contributed by atoms with van der Waals surface area (Å²) >= 11 is 1.21. The molecule has 0 aliphatic carbocycles. The average molecular weight is 301 g/mol. The third kappa shape index (κ3) is 6.03. The number of halogens is 1. The maximum Gasteiger partial charge on any atom is 0.326 e. The van der Waals surface area contributed by atoms with E-state index < -0.39 is 12.0 Å². The van der Waals surface area contributed by atoms with Gasteiger partial charge in [0.15, 0.2) is 0 Å². The Kier molecular flexibility index (Phi) is 7.03. The number of amides is 1. The van der Waals surface area contributed by atoms with Crippen molar-refractivity contribution >= 4 is 23.6 Å². The summed E-state index contributed by atoms with van der Waals surface area (Å²) in [5, 5.41) is 11.4. The monoisotopic (exact) mass is 301 g/mol. The van der Waals surface area contributed by atoms with Crippen LogP contribution in [0.2, 0.25) is 0 Å². The molecule has 1 atom stereocenters. The minimum Gasteiger partial charge on any atom is -0.480 e. The number of ether oxygens (including phenoxy) is 1. The van der Waals surface area contributed by atoms with E-state index in [9.17, 15) is 14.0 Å². The highest BCUT2D eigenvalue weighted by molar-refractivity contribution is 8.00. The second kappa shape index (κ2) is 8.55. The van der Waals surface area contributed by atoms with Crippen LogP contribution in [-0.2, 0) is 14.3 Å². The first kappa shape index (κ1) is 16.5. The van der Waals surface area contributed by atoms with Gasteiger partial charge < -0.3 is 15.2 Å². The van der Waals surface area contributed by atoms with Crippen molar-refractivity contribution in [3.63, 3.8) is 0 Å². The standard InChI is InChI=1S/C13H16FNO4S/c1-19-7-6-11(13(17)18)15-12(16)8-20-10-4-2-9(14)3-5-10/h2-5,11H,6-8H2,1H3,(H,15,16)(H,17,18). The molecule has 0 aromatic heterocycles. The van der Waals surface area contributed by atoms with E-state index in [0.29, 0.717) is 0 Å². The molecule has 1 unspecified atom stereocenters. The molecule has 1 amide bonds. The highest BCUT2D eigenvalue weighted by Crippen LogP contribution is 2.17. The molecule has 0 bridgehead atoms. The van der Waals surface area contributed by atoms with Gasteiger partial charge in [0.05, 0.1) is 5.75 Å². The van der Waals surface area contributed by atoms with Crippen LogP contribution in [0.15, 0.2) is 29.2 Å².